The summed E-state index contributed by atoms with van der Waals surface area (Å²) in [6.07, 6.45) is 2.20. The number of hydrogen-bond donors (Lipinski definition) is 2. The van der Waals surface area contributed by atoms with Gasteiger partial charge in [0.25, 0.3) is 0 Å². The number of hydrogen-bond acceptors (Lipinski definition) is 4. The molecule has 2 N–H and O–H groups in total. The van der Waals surface area contributed by atoms with E-state index < -0.39 is 0 Å². The first-order valence-electron chi connectivity index (χ1n) is 5.38. The van der Waals surface area contributed by atoms with E-state index in [0.717, 1.165) is 12.8 Å². The second-order valence-corrected chi connectivity index (χ2v) is 3.96. The highest BCUT2D eigenvalue weighted by Gasteiger charge is 2.29. The second-order valence-electron chi connectivity index (χ2n) is 3.96. The van der Waals surface area contributed by atoms with Crippen LogP contribution in [0.25, 0.3) is 0 Å². The molecule has 0 aromatic rings. The lowest BCUT2D eigenvalue weighted by molar-refractivity contribution is -0.131. The highest BCUT2D eigenvalue weighted by atomic mass is 16.3. The lowest BCUT2D eigenvalue weighted by atomic mass is 10.4. The van der Waals surface area contributed by atoms with Gasteiger partial charge in [0.15, 0.2) is 0 Å². The van der Waals surface area contributed by atoms with E-state index in [1.807, 2.05) is 7.05 Å². The highest BCUT2D eigenvalue weighted by molar-refractivity contribution is 5.78. The Balaban J connectivity index is 2.31. The zero-order valence-corrected chi connectivity index (χ0v) is 9.22. The molecular formula is C10H20N2O3. The van der Waals surface area contributed by atoms with Crippen molar-refractivity contribution in [1.82, 2.24) is 9.80 Å². The summed E-state index contributed by atoms with van der Waals surface area (Å²) >= 11 is 0. The van der Waals surface area contributed by atoms with E-state index in [-0.39, 0.29) is 25.7 Å². The molecule has 0 spiro atoms. The SMILES string of the molecule is CN(C(=O)CN(CCO)CCO)C1CC1. The summed E-state index contributed by atoms with van der Waals surface area (Å²) in [6, 6.07) is 0.419. The Labute approximate surface area is 90.3 Å². The number of likely N-dealkylation sites (N-methyl/N-ethyl adjacent to an activating group) is 1. The lowest BCUT2D eigenvalue weighted by Crippen LogP contribution is -2.41. The van der Waals surface area contributed by atoms with Crippen molar-refractivity contribution in [2.24, 2.45) is 0 Å². The Hall–Kier alpha value is -0.650. The van der Waals surface area contributed by atoms with Crippen LogP contribution in [0.4, 0.5) is 0 Å². The quantitative estimate of drug-likeness (QED) is 0.566. The van der Waals surface area contributed by atoms with E-state index in [1.165, 1.54) is 0 Å². The Kier molecular flexibility index (Phi) is 5.01. The molecule has 5 heteroatoms. The lowest BCUT2D eigenvalue weighted by Gasteiger charge is -2.23. The molecular weight excluding hydrogens is 196 g/mol. The van der Waals surface area contributed by atoms with Crippen LogP contribution in [0.3, 0.4) is 0 Å². The van der Waals surface area contributed by atoms with Crippen LogP contribution in [0.15, 0.2) is 0 Å². The van der Waals surface area contributed by atoms with Crippen LogP contribution in [-0.2, 0) is 4.79 Å². The molecule has 5 nitrogen and oxygen atoms in total. The van der Waals surface area contributed by atoms with E-state index in [2.05, 4.69) is 0 Å². The van der Waals surface area contributed by atoms with Gasteiger partial charge in [-0.1, -0.05) is 0 Å². The average Bonchev–Trinajstić information content (AvgIpc) is 3.00. The molecule has 1 aliphatic rings. The largest absolute Gasteiger partial charge is 0.395 e. The Bertz CT molecular complexity index is 201. The maximum absolute atomic E-state index is 11.7. The number of carbonyl (C=O) groups is 1. The fraction of sp³-hybridized carbons (Fsp3) is 0.900. The number of aliphatic hydroxyl groups excluding tert-OH is 2. The monoisotopic (exact) mass is 216 g/mol. The zero-order valence-electron chi connectivity index (χ0n) is 9.22. The number of carbonyl (C=O) groups excluding carboxylic acids is 1. The molecule has 0 bridgehead atoms. The molecule has 0 atom stereocenters. The summed E-state index contributed by atoms with van der Waals surface area (Å²) in [4.78, 5) is 15.2. The molecule has 88 valence electrons. The van der Waals surface area contributed by atoms with E-state index in [4.69, 9.17) is 10.2 Å². The van der Waals surface area contributed by atoms with E-state index in [1.54, 1.807) is 9.80 Å². The van der Waals surface area contributed by atoms with Crippen molar-refractivity contribution >= 4 is 5.91 Å². The van der Waals surface area contributed by atoms with Crippen LogP contribution in [0.5, 0.6) is 0 Å². The Morgan fingerprint density at radius 2 is 1.80 bits per heavy atom. The number of amides is 1. The molecule has 0 heterocycles. The molecule has 1 rings (SSSR count). The van der Waals surface area contributed by atoms with Crippen molar-refractivity contribution in [2.75, 3.05) is 39.9 Å². The molecule has 1 saturated carbocycles. The number of rotatable bonds is 7. The summed E-state index contributed by atoms with van der Waals surface area (Å²) < 4.78 is 0. The zero-order chi connectivity index (χ0) is 11.3. The van der Waals surface area contributed by atoms with Crippen molar-refractivity contribution in [3.05, 3.63) is 0 Å². The Morgan fingerprint density at radius 1 is 1.27 bits per heavy atom. The highest BCUT2D eigenvalue weighted by Crippen LogP contribution is 2.25. The van der Waals surface area contributed by atoms with Gasteiger partial charge < -0.3 is 15.1 Å². The third-order valence-corrected chi connectivity index (χ3v) is 2.68. The van der Waals surface area contributed by atoms with Gasteiger partial charge >= 0.3 is 0 Å². The first-order valence-corrected chi connectivity index (χ1v) is 5.38. The third kappa shape index (κ3) is 4.15. The molecule has 0 aromatic carbocycles. The summed E-state index contributed by atoms with van der Waals surface area (Å²) in [5.41, 5.74) is 0. The molecule has 0 aromatic heterocycles. The smallest absolute Gasteiger partial charge is 0.236 e. The number of nitrogens with zero attached hydrogens (tertiary/aromatic N) is 2. The minimum Gasteiger partial charge on any atom is -0.395 e. The van der Waals surface area contributed by atoms with Crippen molar-refractivity contribution in [3.63, 3.8) is 0 Å². The third-order valence-electron chi connectivity index (χ3n) is 2.68. The maximum Gasteiger partial charge on any atom is 0.236 e. The summed E-state index contributed by atoms with van der Waals surface area (Å²) in [7, 11) is 1.82. The van der Waals surface area contributed by atoms with Gasteiger partial charge in [-0.15, -0.1) is 0 Å². The van der Waals surface area contributed by atoms with Crippen molar-refractivity contribution in [3.8, 4) is 0 Å². The van der Waals surface area contributed by atoms with Crippen LogP contribution in [0.2, 0.25) is 0 Å². The molecule has 1 fully saturated rings. The number of aliphatic hydroxyl groups is 2. The molecule has 0 unspecified atom stereocenters. The molecule has 0 aliphatic heterocycles. The first kappa shape index (κ1) is 12.4. The van der Waals surface area contributed by atoms with Gasteiger partial charge in [0, 0.05) is 26.2 Å². The van der Waals surface area contributed by atoms with Crippen molar-refractivity contribution < 1.29 is 15.0 Å². The van der Waals surface area contributed by atoms with E-state index in [0.29, 0.717) is 19.1 Å². The van der Waals surface area contributed by atoms with Crippen LogP contribution < -0.4 is 0 Å². The van der Waals surface area contributed by atoms with E-state index >= 15 is 0 Å². The molecule has 1 aliphatic carbocycles. The van der Waals surface area contributed by atoms with Crippen LogP contribution in [0, 0.1) is 0 Å². The Morgan fingerprint density at radius 3 is 2.20 bits per heavy atom. The van der Waals surface area contributed by atoms with Crippen LogP contribution >= 0.6 is 0 Å². The van der Waals surface area contributed by atoms with Crippen molar-refractivity contribution in [1.29, 1.82) is 0 Å². The van der Waals surface area contributed by atoms with Gasteiger partial charge in [-0.05, 0) is 12.8 Å². The predicted molar refractivity (Wildman–Crippen MR) is 56.4 cm³/mol. The summed E-state index contributed by atoms with van der Waals surface area (Å²) in [5.74, 6) is 0.0689. The van der Waals surface area contributed by atoms with Gasteiger partial charge in [-0.2, -0.15) is 0 Å². The van der Waals surface area contributed by atoms with Crippen LogP contribution in [0.1, 0.15) is 12.8 Å². The fourth-order valence-electron chi connectivity index (χ4n) is 1.52. The van der Waals surface area contributed by atoms with E-state index in [9.17, 15) is 4.79 Å². The van der Waals surface area contributed by atoms with Gasteiger partial charge in [-0.25, -0.2) is 0 Å². The second kappa shape index (κ2) is 6.05. The fourth-order valence-corrected chi connectivity index (χ4v) is 1.52. The summed E-state index contributed by atoms with van der Waals surface area (Å²) in [6.45, 7) is 1.19. The predicted octanol–water partition coefficient (Wildman–Crippen LogP) is -1.11. The van der Waals surface area contributed by atoms with Crippen molar-refractivity contribution in [2.45, 2.75) is 18.9 Å². The normalized spacial score (nSPS) is 15.7. The molecule has 0 saturated heterocycles. The average molecular weight is 216 g/mol. The first-order chi connectivity index (χ1) is 7.19. The summed E-state index contributed by atoms with van der Waals surface area (Å²) in [5, 5.41) is 17.6. The van der Waals surface area contributed by atoms with Gasteiger partial charge in [-0.3, -0.25) is 9.69 Å². The standard InChI is InChI=1S/C10H20N2O3/c1-11(9-2-3-9)10(15)8-12(4-6-13)5-7-14/h9,13-14H,2-8H2,1H3. The molecule has 0 radical (unpaired) electrons. The molecule has 15 heavy (non-hydrogen) atoms. The minimum atomic E-state index is 0.0143. The van der Waals surface area contributed by atoms with Gasteiger partial charge in [0.2, 0.25) is 5.91 Å². The topological polar surface area (TPSA) is 64.0 Å². The van der Waals surface area contributed by atoms with Gasteiger partial charge in [0.05, 0.1) is 19.8 Å². The minimum absolute atomic E-state index is 0.0143. The van der Waals surface area contributed by atoms with Crippen LogP contribution in [-0.4, -0.2) is 71.9 Å². The maximum atomic E-state index is 11.7. The van der Waals surface area contributed by atoms with Gasteiger partial charge in [0.1, 0.15) is 0 Å². The molecule has 1 amide bonds.